The fourth-order valence-corrected chi connectivity index (χ4v) is 1.99. The van der Waals surface area contributed by atoms with Gasteiger partial charge >= 0.3 is 0 Å². The SMILES string of the molecule is CC(Cc1ccc(Cl)cc1Cl)NN(C)C. The number of nitrogens with zero attached hydrogens (tertiary/aromatic N) is 1. The molecule has 1 aromatic carbocycles. The molecule has 1 atom stereocenters. The third-order valence-electron chi connectivity index (χ3n) is 2.02. The third-order valence-corrected chi connectivity index (χ3v) is 2.61. The van der Waals surface area contributed by atoms with Crippen molar-refractivity contribution < 1.29 is 0 Å². The van der Waals surface area contributed by atoms with Gasteiger partial charge in [-0.1, -0.05) is 29.3 Å². The van der Waals surface area contributed by atoms with Crippen molar-refractivity contribution in [3.63, 3.8) is 0 Å². The lowest BCUT2D eigenvalue weighted by atomic mass is 10.1. The predicted molar refractivity (Wildman–Crippen MR) is 66.5 cm³/mol. The number of hydrogen-bond acceptors (Lipinski definition) is 2. The molecule has 0 spiro atoms. The first-order valence-electron chi connectivity index (χ1n) is 4.86. The number of benzene rings is 1. The smallest absolute Gasteiger partial charge is 0.0453 e. The minimum Gasteiger partial charge on any atom is -0.253 e. The first-order chi connectivity index (χ1) is 6.99. The van der Waals surface area contributed by atoms with E-state index < -0.39 is 0 Å². The molecular weight excluding hydrogens is 231 g/mol. The highest BCUT2D eigenvalue weighted by molar-refractivity contribution is 6.35. The van der Waals surface area contributed by atoms with Crippen LogP contribution < -0.4 is 5.43 Å². The molecule has 4 heteroatoms. The monoisotopic (exact) mass is 246 g/mol. The van der Waals surface area contributed by atoms with E-state index in [0.717, 1.165) is 17.0 Å². The minimum atomic E-state index is 0.346. The summed E-state index contributed by atoms with van der Waals surface area (Å²) in [5.74, 6) is 0. The van der Waals surface area contributed by atoms with E-state index in [9.17, 15) is 0 Å². The largest absolute Gasteiger partial charge is 0.253 e. The van der Waals surface area contributed by atoms with E-state index in [4.69, 9.17) is 23.2 Å². The van der Waals surface area contributed by atoms with Gasteiger partial charge in [0, 0.05) is 30.2 Å². The molecule has 0 radical (unpaired) electrons. The average molecular weight is 247 g/mol. The molecule has 0 heterocycles. The van der Waals surface area contributed by atoms with Gasteiger partial charge in [-0.25, -0.2) is 0 Å². The molecule has 1 N–H and O–H groups in total. The van der Waals surface area contributed by atoms with E-state index in [1.54, 1.807) is 6.07 Å². The zero-order chi connectivity index (χ0) is 11.4. The van der Waals surface area contributed by atoms with Gasteiger partial charge in [-0.3, -0.25) is 10.4 Å². The molecule has 0 fully saturated rings. The second-order valence-electron chi connectivity index (χ2n) is 3.86. The van der Waals surface area contributed by atoms with Crippen LogP contribution in [0.1, 0.15) is 12.5 Å². The van der Waals surface area contributed by atoms with E-state index in [-0.39, 0.29) is 0 Å². The van der Waals surface area contributed by atoms with Gasteiger partial charge in [-0.05, 0) is 31.0 Å². The highest BCUT2D eigenvalue weighted by Crippen LogP contribution is 2.21. The summed E-state index contributed by atoms with van der Waals surface area (Å²) in [7, 11) is 3.94. The van der Waals surface area contributed by atoms with Crippen molar-refractivity contribution in [2.24, 2.45) is 0 Å². The highest BCUT2D eigenvalue weighted by atomic mass is 35.5. The summed E-state index contributed by atoms with van der Waals surface area (Å²) < 4.78 is 0. The fraction of sp³-hybridized carbons (Fsp3) is 0.455. The third kappa shape index (κ3) is 4.39. The molecule has 0 saturated carbocycles. The van der Waals surface area contributed by atoms with Crippen LogP contribution in [0.3, 0.4) is 0 Å². The molecule has 2 nitrogen and oxygen atoms in total. The van der Waals surface area contributed by atoms with E-state index in [0.29, 0.717) is 11.1 Å². The van der Waals surface area contributed by atoms with Crippen LogP contribution in [0.5, 0.6) is 0 Å². The van der Waals surface area contributed by atoms with Gasteiger partial charge < -0.3 is 0 Å². The van der Waals surface area contributed by atoms with Crippen molar-refractivity contribution in [2.75, 3.05) is 14.1 Å². The molecule has 84 valence electrons. The molecule has 0 bridgehead atoms. The normalized spacial score (nSPS) is 13.2. The molecule has 0 saturated heterocycles. The van der Waals surface area contributed by atoms with Gasteiger partial charge in [-0.2, -0.15) is 0 Å². The minimum absolute atomic E-state index is 0.346. The Bertz CT molecular complexity index is 326. The zero-order valence-corrected chi connectivity index (χ0v) is 10.7. The Morgan fingerprint density at radius 3 is 2.53 bits per heavy atom. The number of hydrogen-bond donors (Lipinski definition) is 1. The summed E-state index contributed by atoms with van der Waals surface area (Å²) >= 11 is 11.9. The Hall–Kier alpha value is -0.280. The quantitative estimate of drug-likeness (QED) is 0.823. The van der Waals surface area contributed by atoms with Crippen LogP contribution in [0, 0.1) is 0 Å². The number of hydrazine groups is 1. The van der Waals surface area contributed by atoms with Crippen molar-refractivity contribution in [2.45, 2.75) is 19.4 Å². The van der Waals surface area contributed by atoms with Crippen LogP contribution >= 0.6 is 23.2 Å². The van der Waals surface area contributed by atoms with Gasteiger partial charge in [0.2, 0.25) is 0 Å². The number of halogens is 2. The van der Waals surface area contributed by atoms with E-state index in [2.05, 4.69) is 12.3 Å². The fourth-order valence-electron chi connectivity index (χ4n) is 1.50. The lowest BCUT2D eigenvalue weighted by Crippen LogP contribution is -2.39. The topological polar surface area (TPSA) is 15.3 Å². The summed E-state index contributed by atoms with van der Waals surface area (Å²) in [6.45, 7) is 2.12. The Morgan fingerprint density at radius 2 is 2.00 bits per heavy atom. The van der Waals surface area contributed by atoms with Gasteiger partial charge in [0.05, 0.1) is 0 Å². The molecule has 0 aliphatic heterocycles. The molecule has 0 amide bonds. The highest BCUT2D eigenvalue weighted by Gasteiger charge is 2.07. The number of rotatable bonds is 4. The van der Waals surface area contributed by atoms with Gasteiger partial charge in [0.15, 0.2) is 0 Å². The molecule has 0 aliphatic carbocycles. The lowest BCUT2D eigenvalue weighted by Gasteiger charge is -2.19. The Kier molecular flexibility index (Phi) is 4.87. The van der Waals surface area contributed by atoms with Crippen molar-refractivity contribution in [1.29, 1.82) is 0 Å². The van der Waals surface area contributed by atoms with Crippen LogP contribution in [0.2, 0.25) is 10.0 Å². The summed E-state index contributed by atoms with van der Waals surface area (Å²) in [6.07, 6.45) is 0.883. The van der Waals surface area contributed by atoms with E-state index in [1.165, 1.54) is 0 Å². The summed E-state index contributed by atoms with van der Waals surface area (Å²) in [4.78, 5) is 0. The maximum atomic E-state index is 6.08. The van der Waals surface area contributed by atoms with Crippen molar-refractivity contribution >= 4 is 23.2 Å². The van der Waals surface area contributed by atoms with Crippen LogP contribution in [0.15, 0.2) is 18.2 Å². The van der Waals surface area contributed by atoms with Crippen molar-refractivity contribution in [3.8, 4) is 0 Å². The zero-order valence-electron chi connectivity index (χ0n) is 9.22. The second kappa shape index (κ2) is 5.71. The van der Waals surface area contributed by atoms with Gasteiger partial charge in [0.25, 0.3) is 0 Å². The lowest BCUT2D eigenvalue weighted by molar-refractivity contribution is 0.249. The Balaban J connectivity index is 2.64. The van der Waals surface area contributed by atoms with E-state index >= 15 is 0 Å². The Morgan fingerprint density at radius 1 is 1.33 bits per heavy atom. The molecule has 0 aromatic heterocycles. The molecule has 1 unspecified atom stereocenters. The molecular formula is C11H16Cl2N2. The second-order valence-corrected chi connectivity index (χ2v) is 4.71. The van der Waals surface area contributed by atoms with Crippen LogP contribution in [-0.2, 0) is 6.42 Å². The van der Waals surface area contributed by atoms with E-state index in [1.807, 2.05) is 31.2 Å². The first-order valence-corrected chi connectivity index (χ1v) is 5.62. The van der Waals surface area contributed by atoms with Crippen LogP contribution in [0.4, 0.5) is 0 Å². The molecule has 0 aliphatic rings. The summed E-state index contributed by atoms with van der Waals surface area (Å²) in [5.41, 5.74) is 4.39. The van der Waals surface area contributed by atoms with Crippen molar-refractivity contribution in [3.05, 3.63) is 33.8 Å². The van der Waals surface area contributed by atoms with Crippen LogP contribution in [-0.4, -0.2) is 25.1 Å². The molecule has 1 aromatic rings. The molecule has 15 heavy (non-hydrogen) atoms. The number of nitrogens with one attached hydrogen (secondary N) is 1. The van der Waals surface area contributed by atoms with Gasteiger partial charge in [-0.15, -0.1) is 0 Å². The molecule has 1 rings (SSSR count). The van der Waals surface area contributed by atoms with Gasteiger partial charge in [0.1, 0.15) is 0 Å². The van der Waals surface area contributed by atoms with Crippen LogP contribution in [0.25, 0.3) is 0 Å². The Labute approximate surface area is 101 Å². The standard InChI is InChI=1S/C11H16Cl2N2/c1-8(14-15(2)3)6-9-4-5-10(12)7-11(9)13/h4-5,7-8,14H,6H2,1-3H3. The first kappa shape index (κ1) is 12.8. The van der Waals surface area contributed by atoms with Crippen molar-refractivity contribution in [1.82, 2.24) is 10.4 Å². The maximum absolute atomic E-state index is 6.08. The summed E-state index contributed by atoms with van der Waals surface area (Å²) in [5, 5.41) is 3.35. The maximum Gasteiger partial charge on any atom is 0.0453 e. The average Bonchev–Trinajstić information content (AvgIpc) is 2.08. The predicted octanol–water partition coefficient (Wildman–Crippen LogP) is 2.99. The summed E-state index contributed by atoms with van der Waals surface area (Å²) in [6, 6.07) is 5.96.